The molecule has 1 rings (SSSR count). The van der Waals surface area contributed by atoms with E-state index < -0.39 is 0 Å². The van der Waals surface area contributed by atoms with Crippen LogP contribution < -0.4 is 0 Å². The van der Waals surface area contributed by atoms with Crippen molar-refractivity contribution in [3.63, 3.8) is 0 Å². The second kappa shape index (κ2) is 15.1. The fourth-order valence-electron chi connectivity index (χ4n) is 1.79. The molecule has 0 amide bonds. The van der Waals surface area contributed by atoms with E-state index in [9.17, 15) is 0 Å². The van der Waals surface area contributed by atoms with E-state index in [1.165, 1.54) is 0 Å². The Morgan fingerprint density at radius 3 is 2.13 bits per heavy atom. The van der Waals surface area contributed by atoms with Crippen molar-refractivity contribution in [1.29, 1.82) is 0 Å². The molecule has 1 aromatic rings. The lowest BCUT2D eigenvalue weighted by Gasteiger charge is -2.18. The van der Waals surface area contributed by atoms with E-state index in [0.717, 1.165) is 25.0 Å². The molecule has 1 aromatic heterocycles. The molecule has 0 bridgehead atoms. The van der Waals surface area contributed by atoms with Crippen molar-refractivity contribution in [3.05, 3.63) is 22.4 Å². The average Bonchev–Trinajstić information content (AvgIpc) is 3.09. The minimum Gasteiger partial charge on any atom is -0.379 e. The second-order valence-electron chi connectivity index (χ2n) is 4.91. The van der Waals surface area contributed by atoms with Crippen LogP contribution in [0, 0.1) is 0 Å². The highest BCUT2D eigenvalue weighted by molar-refractivity contribution is 7.07. The number of unbranched alkanes of at least 4 members (excludes halogenated alkanes) is 1. The van der Waals surface area contributed by atoms with Gasteiger partial charge in [0.2, 0.25) is 0 Å². The maximum atomic E-state index is 5.77. The van der Waals surface area contributed by atoms with Gasteiger partial charge in [0.1, 0.15) is 0 Å². The first kappa shape index (κ1) is 20.5. The maximum Gasteiger partial charge on any atom is 0.184 e. The number of ether oxygens (including phenoxy) is 5. The molecular formula is C17H30O5S. The Hall–Kier alpha value is -0.500. The van der Waals surface area contributed by atoms with E-state index in [0.29, 0.717) is 46.2 Å². The summed E-state index contributed by atoms with van der Waals surface area (Å²) < 4.78 is 27.7. The summed E-state index contributed by atoms with van der Waals surface area (Å²) in [6.07, 6.45) is 1.90. The minimum absolute atomic E-state index is 0.355. The molecule has 23 heavy (non-hydrogen) atoms. The largest absolute Gasteiger partial charge is 0.379 e. The van der Waals surface area contributed by atoms with Gasteiger partial charge in [-0.15, -0.1) is 0 Å². The van der Waals surface area contributed by atoms with Gasteiger partial charge in [-0.05, 0) is 30.2 Å². The highest BCUT2D eigenvalue weighted by Crippen LogP contribution is 2.21. The fraction of sp³-hybridized carbons (Fsp3) is 0.765. The molecule has 0 fully saturated rings. The van der Waals surface area contributed by atoms with E-state index in [2.05, 4.69) is 6.92 Å². The predicted octanol–water partition coefficient (Wildman–Crippen LogP) is 3.65. The molecule has 0 aliphatic rings. The van der Waals surface area contributed by atoms with Gasteiger partial charge >= 0.3 is 0 Å². The molecule has 0 saturated carbocycles. The Balaban J connectivity index is 2.09. The highest BCUT2D eigenvalue weighted by Gasteiger charge is 2.12. The number of rotatable bonds is 16. The van der Waals surface area contributed by atoms with Crippen molar-refractivity contribution in [2.75, 3.05) is 52.9 Å². The SMILES string of the molecule is CCCCOCCOCCOC(OCCOCC)c1ccsc1. The van der Waals surface area contributed by atoms with E-state index in [1.54, 1.807) is 11.3 Å². The summed E-state index contributed by atoms with van der Waals surface area (Å²) in [4.78, 5) is 0. The smallest absolute Gasteiger partial charge is 0.184 e. The Morgan fingerprint density at radius 2 is 1.52 bits per heavy atom. The summed E-state index contributed by atoms with van der Waals surface area (Å²) >= 11 is 1.63. The first-order valence-electron chi connectivity index (χ1n) is 8.37. The molecule has 5 nitrogen and oxygen atoms in total. The van der Waals surface area contributed by atoms with Gasteiger partial charge in [0.25, 0.3) is 0 Å². The van der Waals surface area contributed by atoms with Crippen LogP contribution in [0.4, 0.5) is 0 Å². The van der Waals surface area contributed by atoms with Gasteiger partial charge in [0, 0.05) is 18.8 Å². The van der Waals surface area contributed by atoms with Crippen molar-refractivity contribution in [3.8, 4) is 0 Å². The van der Waals surface area contributed by atoms with Crippen molar-refractivity contribution in [2.24, 2.45) is 0 Å². The molecule has 0 radical (unpaired) electrons. The monoisotopic (exact) mass is 346 g/mol. The molecule has 0 aliphatic carbocycles. The summed E-state index contributed by atoms with van der Waals surface area (Å²) in [5.41, 5.74) is 1.04. The third-order valence-electron chi connectivity index (χ3n) is 3.03. The van der Waals surface area contributed by atoms with Gasteiger partial charge in [-0.1, -0.05) is 13.3 Å². The molecule has 1 atom stereocenters. The van der Waals surface area contributed by atoms with Gasteiger partial charge < -0.3 is 23.7 Å². The molecule has 134 valence electrons. The maximum absolute atomic E-state index is 5.77. The van der Waals surface area contributed by atoms with Crippen molar-refractivity contribution in [2.45, 2.75) is 33.0 Å². The highest BCUT2D eigenvalue weighted by atomic mass is 32.1. The van der Waals surface area contributed by atoms with E-state index in [1.807, 2.05) is 23.8 Å². The molecule has 0 saturated heterocycles. The van der Waals surface area contributed by atoms with Crippen molar-refractivity contribution in [1.82, 2.24) is 0 Å². The summed E-state index contributed by atoms with van der Waals surface area (Å²) in [6.45, 7) is 8.98. The topological polar surface area (TPSA) is 46.2 Å². The van der Waals surface area contributed by atoms with Crippen molar-refractivity contribution >= 4 is 11.3 Å². The quantitative estimate of drug-likeness (QED) is 0.338. The normalized spacial score (nSPS) is 12.6. The van der Waals surface area contributed by atoms with Crippen LogP contribution in [0.15, 0.2) is 16.8 Å². The number of hydrogen-bond donors (Lipinski definition) is 0. The van der Waals surface area contributed by atoms with Crippen LogP contribution in [0.1, 0.15) is 38.5 Å². The molecule has 0 aliphatic heterocycles. The predicted molar refractivity (Wildman–Crippen MR) is 92.0 cm³/mol. The number of thiophene rings is 1. The Morgan fingerprint density at radius 1 is 0.870 bits per heavy atom. The average molecular weight is 346 g/mol. The summed E-state index contributed by atoms with van der Waals surface area (Å²) in [5, 5.41) is 4.05. The van der Waals surface area contributed by atoms with E-state index in [-0.39, 0.29) is 6.29 Å². The van der Waals surface area contributed by atoms with E-state index in [4.69, 9.17) is 23.7 Å². The van der Waals surface area contributed by atoms with Crippen LogP contribution in [0.3, 0.4) is 0 Å². The van der Waals surface area contributed by atoms with Crippen LogP contribution in [0.25, 0.3) is 0 Å². The van der Waals surface area contributed by atoms with E-state index >= 15 is 0 Å². The fourth-order valence-corrected chi connectivity index (χ4v) is 2.45. The zero-order valence-corrected chi connectivity index (χ0v) is 15.1. The molecule has 0 N–H and O–H groups in total. The molecule has 1 heterocycles. The van der Waals surface area contributed by atoms with Gasteiger partial charge in [-0.3, -0.25) is 0 Å². The minimum atomic E-state index is -0.355. The van der Waals surface area contributed by atoms with Crippen LogP contribution in [0.5, 0.6) is 0 Å². The van der Waals surface area contributed by atoms with Crippen molar-refractivity contribution < 1.29 is 23.7 Å². The zero-order chi connectivity index (χ0) is 16.6. The van der Waals surface area contributed by atoms with Gasteiger partial charge in [-0.2, -0.15) is 11.3 Å². The Labute approximate surface area is 143 Å². The van der Waals surface area contributed by atoms with Crippen LogP contribution >= 0.6 is 11.3 Å². The van der Waals surface area contributed by atoms with Crippen LogP contribution in [0.2, 0.25) is 0 Å². The first-order valence-corrected chi connectivity index (χ1v) is 9.31. The lowest BCUT2D eigenvalue weighted by molar-refractivity contribution is -0.162. The zero-order valence-electron chi connectivity index (χ0n) is 14.3. The Bertz CT molecular complexity index is 345. The standard InChI is InChI=1S/C17H30O5S/c1-3-5-7-19-8-9-20-11-13-22-17(16-6-14-23-15-16)21-12-10-18-4-2/h6,14-15,17H,3-5,7-13H2,1-2H3. The molecule has 0 spiro atoms. The number of hydrogen-bond acceptors (Lipinski definition) is 6. The third kappa shape index (κ3) is 10.8. The lowest BCUT2D eigenvalue weighted by Crippen LogP contribution is -2.16. The van der Waals surface area contributed by atoms with Crippen LogP contribution in [-0.2, 0) is 23.7 Å². The first-order chi connectivity index (χ1) is 11.4. The summed E-state index contributed by atoms with van der Waals surface area (Å²) in [5.74, 6) is 0. The molecule has 6 heteroatoms. The molecule has 1 unspecified atom stereocenters. The summed E-state index contributed by atoms with van der Waals surface area (Å²) in [6, 6.07) is 2.01. The van der Waals surface area contributed by atoms with Crippen LogP contribution in [-0.4, -0.2) is 52.9 Å². The van der Waals surface area contributed by atoms with Gasteiger partial charge in [-0.25, -0.2) is 0 Å². The summed E-state index contributed by atoms with van der Waals surface area (Å²) in [7, 11) is 0. The molecule has 0 aromatic carbocycles. The van der Waals surface area contributed by atoms with Gasteiger partial charge in [0.05, 0.1) is 39.6 Å². The van der Waals surface area contributed by atoms with Gasteiger partial charge in [0.15, 0.2) is 6.29 Å². The molecular weight excluding hydrogens is 316 g/mol. The Kier molecular flexibility index (Phi) is 13.4. The second-order valence-corrected chi connectivity index (χ2v) is 5.69. The lowest BCUT2D eigenvalue weighted by atomic mass is 10.3. The third-order valence-corrected chi connectivity index (χ3v) is 3.73.